The summed E-state index contributed by atoms with van der Waals surface area (Å²) in [6.07, 6.45) is 5.00. The van der Waals surface area contributed by atoms with E-state index in [4.69, 9.17) is 5.73 Å². The molecule has 1 aliphatic heterocycles. The van der Waals surface area contributed by atoms with Crippen molar-refractivity contribution in [3.05, 3.63) is 0 Å². The molecule has 0 aliphatic carbocycles. The number of nitrogens with zero attached hydrogens (tertiary/aromatic N) is 2. The topological polar surface area (TPSA) is 32.5 Å². The number of nitrogens with two attached hydrogens (primary N) is 1. The molecule has 0 amide bonds. The van der Waals surface area contributed by atoms with E-state index in [1.165, 1.54) is 38.8 Å². The molecule has 0 spiro atoms. The molecule has 0 aromatic heterocycles. The summed E-state index contributed by atoms with van der Waals surface area (Å²) in [5.74, 6) is 0.818. The molecule has 114 valence electrons. The summed E-state index contributed by atoms with van der Waals surface area (Å²) < 4.78 is 0. The van der Waals surface area contributed by atoms with Crippen LogP contribution in [-0.2, 0) is 0 Å². The summed E-state index contributed by atoms with van der Waals surface area (Å²) in [6, 6.07) is 0.646. The second-order valence-corrected chi connectivity index (χ2v) is 6.43. The lowest BCUT2D eigenvalue weighted by Gasteiger charge is -2.51. The predicted octanol–water partition coefficient (Wildman–Crippen LogP) is 2.56. The fraction of sp³-hybridized carbons (Fsp3) is 1.00. The van der Waals surface area contributed by atoms with Gasteiger partial charge in [-0.15, -0.1) is 0 Å². The Morgan fingerprint density at radius 2 is 1.95 bits per heavy atom. The standard InChI is InChI=1S/C16H35N3/c1-6-15(7-2)12-19(8-3)16(13-17)9-10-18(5)14(4)11-16/h14-15H,6-13,17H2,1-5H3. The molecule has 1 rings (SSSR count). The Morgan fingerprint density at radius 1 is 1.32 bits per heavy atom. The number of piperidine rings is 1. The van der Waals surface area contributed by atoms with Crippen LogP contribution in [0.15, 0.2) is 0 Å². The molecule has 2 unspecified atom stereocenters. The van der Waals surface area contributed by atoms with E-state index in [1.807, 2.05) is 0 Å². The molecule has 0 aromatic rings. The SMILES string of the molecule is CCC(CC)CN(CC)C1(CN)CCN(C)C(C)C1. The van der Waals surface area contributed by atoms with Crippen molar-refractivity contribution < 1.29 is 0 Å². The van der Waals surface area contributed by atoms with Gasteiger partial charge in [0, 0.05) is 24.7 Å². The van der Waals surface area contributed by atoms with Crippen LogP contribution in [0.4, 0.5) is 0 Å². The van der Waals surface area contributed by atoms with Crippen LogP contribution in [0.3, 0.4) is 0 Å². The summed E-state index contributed by atoms with van der Waals surface area (Å²) >= 11 is 0. The first-order chi connectivity index (χ1) is 9.02. The van der Waals surface area contributed by atoms with E-state index in [9.17, 15) is 0 Å². The van der Waals surface area contributed by atoms with Crippen LogP contribution in [0.5, 0.6) is 0 Å². The van der Waals surface area contributed by atoms with Crippen LogP contribution in [0.25, 0.3) is 0 Å². The molecule has 2 atom stereocenters. The van der Waals surface area contributed by atoms with Crippen LogP contribution in [-0.4, -0.2) is 54.6 Å². The van der Waals surface area contributed by atoms with Gasteiger partial charge in [0.25, 0.3) is 0 Å². The lowest BCUT2D eigenvalue weighted by Crippen LogP contribution is -2.61. The third-order valence-corrected chi connectivity index (χ3v) is 5.42. The molecule has 3 heteroatoms. The predicted molar refractivity (Wildman–Crippen MR) is 84.4 cm³/mol. The molecule has 0 bridgehead atoms. The quantitative estimate of drug-likeness (QED) is 0.771. The molecule has 1 heterocycles. The van der Waals surface area contributed by atoms with E-state index in [0.717, 1.165) is 19.0 Å². The van der Waals surface area contributed by atoms with Gasteiger partial charge in [-0.1, -0.05) is 33.6 Å². The van der Waals surface area contributed by atoms with Gasteiger partial charge in [0.1, 0.15) is 0 Å². The van der Waals surface area contributed by atoms with E-state index in [-0.39, 0.29) is 5.54 Å². The highest BCUT2D eigenvalue weighted by molar-refractivity contribution is 4.98. The van der Waals surface area contributed by atoms with E-state index in [0.29, 0.717) is 6.04 Å². The van der Waals surface area contributed by atoms with E-state index >= 15 is 0 Å². The number of hydrogen-bond acceptors (Lipinski definition) is 3. The van der Waals surface area contributed by atoms with Crippen molar-refractivity contribution in [2.24, 2.45) is 11.7 Å². The lowest BCUT2D eigenvalue weighted by atomic mass is 9.81. The minimum Gasteiger partial charge on any atom is -0.329 e. The largest absolute Gasteiger partial charge is 0.329 e. The van der Waals surface area contributed by atoms with E-state index in [1.54, 1.807) is 0 Å². The molecule has 1 aliphatic rings. The van der Waals surface area contributed by atoms with Crippen molar-refractivity contribution in [3.63, 3.8) is 0 Å². The van der Waals surface area contributed by atoms with Crippen LogP contribution in [0.1, 0.15) is 53.4 Å². The van der Waals surface area contributed by atoms with Gasteiger partial charge in [0.15, 0.2) is 0 Å². The van der Waals surface area contributed by atoms with Crippen LogP contribution >= 0.6 is 0 Å². The molecule has 2 N–H and O–H groups in total. The fourth-order valence-corrected chi connectivity index (χ4v) is 3.53. The first kappa shape index (κ1) is 16.9. The highest BCUT2D eigenvalue weighted by atomic mass is 15.2. The molecule has 19 heavy (non-hydrogen) atoms. The molecule has 0 aromatic carbocycles. The number of likely N-dealkylation sites (tertiary alicyclic amines) is 1. The number of rotatable bonds is 7. The van der Waals surface area contributed by atoms with Crippen molar-refractivity contribution in [3.8, 4) is 0 Å². The Hall–Kier alpha value is -0.120. The third kappa shape index (κ3) is 3.93. The first-order valence-corrected chi connectivity index (χ1v) is 8.18. The summed E-state index contributed by atoms with van der Waals surface area (Å²) in [4.78, 5) is 5.16. The van der Waals surface area contributed by atoms with Crippen LogP contribution < -0.4 is 5.73 Å². The van der Waals surface area contributed by atoms with E-state index < -0.39 is 0 Å². The van der Waals surface area contributed by atoms with Gasteiger partial charge >= 0.3 is 0 Å². The lowest BCUT2D eigenvalue weighted by molar-refractivity contribution is 0.00365. The van der Waals surface area contributed by atoms with Crippen LogP contribution in [0.2, 0.25) is 0 Å². The van der Waals surface area contributed by atoms with Gasteiger partial charge in [-0.25, -0.2) is 0 Å². The van der Waals surface area contributed by atoms with Crippen molar-refractivity contribution in [1.29, 1.82) is 0 Å². The maximum atomic E-state index is 6.22. The Bertz CT molecular complexity index is 252. The average molecular weight is 269 g/mol. The zero-order valence-corrected chi connectivity index (χ0v) is 13.8. The maximum absolute atomic E-state index is 6.22. The molecule has 1 saturated heterocycles. The fourth-order valence-electron chi connectivity index (χ4n) is 3.53. The normalized spacial score (nSPS) is 29.4. The summed E-state index contributed by atoms with van der Waals surface area (Å²) in [5.41, 5.74) is 6.46. The van der Waals surface area contributed by atoms with Crippen molar-refractivity contribution >= 4 is 0 Å². The number of likely N-dealkylation sites (N-methyl/N-ethyl adjacent to an activating group) is 1. The van der Waals surface area contributed by atoms with Crippen LogP contribution in [0, 0.1) is 5.92 Å². The summed E-state index contributed by atoms with van der Waals surface area (Å²) in [6.45, 7) is 13.6. The second-order valence-electron chi connectivity index (χ2n) is 6.43. The minimum absolute atomic E-state index is 0.239. The zero-order valence-electron chi connectivity index (χ0n) is 13.8. The van der Waals surface area contributed by atoms with Crippen molar-refractivity contribution in [1.82, 2.24) is 9.80 Å². The third-order valence-electron chi connectivity index (χ3n) is 5.42. The van der Waals surface area contributed by atoms with Crippen molar-refractivity contribution in [2.75, 3.05) is 33.2 Å². The zero-order chi connectivity index (χ0) is 14.5. The molecule has 1 fully saturated rings. The highest BCUT2D eigenvalue weighted by Gasteiger charge is 2.40. The van der Waals surface area contributed by atoms with Crippen molar-refractivity contribution in [2.45, 2.75) is 65.0 Å². The maximum Gasteiger partial charge on any atom is 0.0358 e. The Kier molecular flexibility index (Phi) is 6.78. The second kappa shape index (κ2) is 7.61. The molecule has 3 nitrogen and oxygen atoms in total. The molecule has 0 radical (unpaired) electrons. The van der Waals surface area contributed by atoms with E-state index in [2.05, 4.69) is 44.5 Å². The van der Waals surface area contributed by atoms with Gasteiger partial charge in [-0.2, -0.15) is 0 Å². The summed E-state index contributed by atoms with van der Waals surface area (Å²) in [5, 5.41) is 0. The Balaban J connectivity index is 2.79. The summed E-state index contributed by atoms with van der Waals surface area (Å²) in [7, 11) is 2.24. The molecular formula is C16H35N3. The highest BCUT2D eigenvalue weighted by Crippen LogP contribution is 2.32. The Morgan fingerprint density at radius 3 is 2.37 bits per heavy atom. The molecule has 0 saturated carbocycles. The van der Waals surface area contributed by atoms with Gasteiger partial charge in [0.05, 0.1) is 0 Å². The Labute approximate surface area is 120 Å². The average Bonchev–Trinajstić information content (AvgIpc) is 2.44. The smallest absolute Gasteiger partial charge is 0.0358 e. The first-order valence-electron chi connectivity index (χ1n) is 8.18. The van der Waals surface area contributed by atoms with Gasteiger partial charge < -0.3 is 10.6 Å². The molecular weight excluding hydrogens is 234 g/mol. The van der Waals surface area contributed by atoms with Gasteiger partial charge in [-0.05, 0) is 45.8 Å². The minimum atomic E-state index is 0.239. The van der Waals surface area contributed by atoms with Gasteiger partial charge in [0.2, 0.25) is 0 Å². The van der Waals surface area contributed by atoms with Gasteiger partial charge in [-0.3, -0.25) is 4.90 Å². The monoisotopic (exact) mass is 269 g/mol. The number of hydrogen-bond donors (Lipinski definition) is 1.